The summed E-state index contributed by atoms with van der Waals surface area (Å²) in [7, 11) is 0. The van der Waals surface area contributed by atoms with Gasteiger partial charge >= 0.3 is 0 Å². The Morgan fingerprint density at radius 1 is 1.23 bits per heavy atom. The van der Waals surface area contributed by atoms with E-state index in [1.54, 1.807) is 11.3 Å². The zero-order valence-electron chi connectivity index (χ0n) is 15.4. The van der Waals surface area contributed by atoms with Crippen molar-refractivity contribution >= 4 is 34.8 Å². The molecule has 2 unspecified atom stereocenters. The van der Waals surface area contributed by atoms with Crippen molar-refractivity contribution in [1.29, 1.82) is 0 Å². The fourth-order valence-electron chi connectivity index (χ4n) is 5.06. The number of carbonyl (C=O) groups excluding carboxylic acids is 1. The van der Waals surface area contributed by atoms with Crippen LogP contribution in [0.25, 0.3) is 0 Å². The van der Waals surface area contributed by atoms with Gasteiger partial charge in [-0.15, -0.1) is 30.3 Å². The van der Waals surface area contributed by atoms with Crippen LogP contribution in [0.2, 0.25) is 0 Å². The number of carbonyl (C=O) groups is 1. The van der Waals surface area contributed by atoms with E-state index < -0.39 is 0 Å². The highest BCUT2D eigenvalue weighted by atomic mass is 35.5. The molecule has 0 aromatic carbocycles. The van der Waals surface area contributed by atoms with E-state index in [0.29, 0.717) is 24.4 Å². The van der Waals surface area contributed by atoms with Crippen LogP contribution in [0.1, 0.15) is 55.5 Å². The zero-order valence-corrected chi connectivity index (χ0v) is 17.0. The van der Waals surface area contributed by atoms with Crippen molar-refractivity contribution in [3.8, 4) is 0 Å². The molecule has 2 fully saturated rings. The number of aryl methyl sites for hydroxylation is 2. The second-order valence-corrected chi connectivity index (χ2v) is 9.07. The molecule has 0 radical (unpaired) electrons. The van der Waals surface area contributed by atoms with Gasteiger partial charge in [0, 0.05) is 23.4 Å². The molecule has 6 heteroatoms. The standard InChI is InChI=1S/C20H29N3OS.ClH/c1-2-10-23(20-22-16-8-3-4-9-17(16)25-20)19(24)15-11-13-6-5-7-14(12-15)18(13)21;/h2,13-15,18H,1,3-12,21H2;1H. The molecule has 26 heavy (non-hydrogen) atoms. The largest absolute Gasteiger partial charge is 0.327 e. The second kappa shape index (κ2) is 8.41. The van der Waals surface area contributed by atoms with E-state index in [0.717, 1.165) is 30.8 Å². The molecule has 1 amide bonds. The van der Waals surface area contributed by atoms with Gasteiger partial charge in [0.1, 0.15) is 0 Å². The highest BCUT2D eigenvalue weighted by Crippen LogP contribution is 2.43. The van der Waals surface area contributed by atoms with Crippen LogP contribution >= 0.6 is 23.7 Å². The van der Waals surface area contributed by atoms with E-state index in [2.05, 4.69) is 6.58 Å². The average Bonchev–Trinajstić information content (AvgIpc) is 3.02. The van der Waals surface area contributed by atoms with E-state index in [1.807, 2.05) is 11.0 Å². The van der Waals surface area contributed by atoms with Crippen LogP contribution in [0.3, 0.4) is 0 Å². The normalized spacial score (nSPS) is 30.0. The lowest BCUT2D eigenvalue weighted by Gasteiger charge is -2.44. The predicted octanol–water partition coefficient (Wildman–Crippen LogP) is 4.12. The molecular weight excluding hydrogens is 366 g/mol. The molecule has 4 rings (SSSR count). The first-order valence-corrected chi connectivity index (χ1v) is 10.7. The Bertz CT molecular complexity index is 624. The third-order valence-electron chi connectivity index (χ3n) is 6.41. The molecule has 3 aliphatic carbocycles. The topological polar surface area (TPSA) is 59.2 Å². The quantitative estimate of drug-likeness (QED) is 0.780. The number of nitrogens with zero attached hydrogens (tertiary/aromatic N) is 2. The van der Waals surface area contributed by atoms with Crippen molar-refractivity contribution in [3.63, 3.8) is 0 Å². The number of thiazole rings is 1. The van der Waals surface area contributed by atoms with Crippen LogP contribution in [0.5, 0.6) is 0 Å². The maximum Gasteiger partial charge on any atom is 0.232 e. The number of rotatable bonds is 4. The third-order valence-corrected chi connectivity index (χ3v) is 7.59. The molecule has 2 bridgehead atoms. The maximum atomic E-state index is 13.3. The fourth-order valence-corrected chi connectivity index (χ4v) is 6.22. The van der Waals surface area contributed by atoms with Crippen molar-refractivity contribution in [3.05, 3.63) is 23.2 Å². The summed E-state index contributed by atoms with van der Waals surface area (Å²) in [5.41, 5.74) is 7.63. The molecule has 2 atom stereocenters. The van der Waals surface area contributed by atoms with Crippen LogP contribution in [0.15, 0.2) is 12.7 Å². The smallest absolute Gasteiger partial charge is 0.232 e. The number of halogens is 1. The molecule has 0 aliphatic heterocycles. The van der Waals surface area contributed by atoms with Crippen molar-refractivity contribution in [2.24, 2.45) is 23.5 Å². The lowest BCUT2D eigenvalue weighted by atomic mass is 9.65. The Labute approximate surface area is 166 Å². The summed E-state index contributed by atoms with van der Waals surface area (Å²) in [6.07, 6.45) is 12.0. The Kier molecular flexibility index (Phi) is 6.41. The summed E-state index contributed by atoms with van der Waals surface area (Å²) in [6.45, 7) is 4.43. The van der Waals surface area contributed by atoms with Gasteiger partial charge in [0.2, 0.25) is 5.91 Å². The number of nitrogens with two attached hydrogens (primary N) is 1. The van der Waals surface area contributed by atoms with Gasteiger partial charge in [-0.05, 0) is 63.2 Å². The molecule has 1 aromatic rings. The summed E-state index contributed by atoms with van der Waals surface area (Å²) < 4.78 is 0. The summed E-state index contributed by atoms with van der Waals surface area (Å²) in [4.78, 5) is 21.4. The molecule has 1 heterocycles. The number of amides is 1. The first kappa shape index (κ1) is 19.8. The van der Waals surface area contributed by atoms with Gasteiger partial charge in [-0.25, -0.2) is 4.98 Å². The molecule has 2 N–H and O–H groups in total. The molecule has 0 spiro atoms. The maximum absolute atomic E-state index is 13.3. The van der Waals surface area contributed by atoms with Gasteiger partial charge in [0.15, 0.2) is 5.13 Å². The summed E-state index contributed by atoms with van der Waals surface area (Å²) in [6, 6.07) is 0.304. The van der Waals surface area contributed by atoms with Crippen LogP contribution < -0.4 is 10.6 Å². The second-order valence-electron chi connectivity index (χ2n) is 8.01. The number of aromatic nitrogens is 1. The van der Waals surface area contributed by atoms with E-state index in [1.165, 1.54) is 42.7 Å². The number of fused-ring (bicyclic) bond motifs is 3. The van der Waals surface area contributed by atoms with Gasteiger partial charge < -0.3 is 5.73 Å². The van der Waals surface area contributed by atoms with Gasteiger partial charge in [0.25, 0.3) is 0 Å². The molecular formula is C20H30ClN3OS. The van der Waals surface area contributed by atoms with E-state index in [-0.39, 0.29) is 24.2 Å². The minimum atomic E-state index is 0. The molecule has 4 nitrogen and oxygen atoms in total. The monoisotopic (exact) mass is 395 g/mol. The van der Waals surface area contributed by atoms with Gasteiger partial charge in [-0.3, -0.25) is 9.69 Å². The summed E-state index contributed by atoms with van der Waals surface area (Å²) >= 11 is 1.72. The number of hydrogen-bond acceptors (Lipinski definition) is 4. The van der Waals surface area contributed by atoms with E-state index in [4.69, 9.17) is 10.7 Å². The van der Waals surface area contributed by atoms with Crippen LogP contribution in [-0.4, -0.2) is 23.5 Å². The Morgan fingerprint density at radius 3 is 2.58 bits per heavy atom. The predicted molar refractivity (Wildman–Crippen MR) is 110 cm³/mol. The zero-order chi connectivity index (χ0) is 17.4. The minimum absolute atomic E-state index is 0. The Hall–Kier alpha value is -0.910. The van der Waals surface area contributed by atoms with Crippen LogP contribution in [-0.2, 0) is 17.6 Å². The van der Waals surface area contributed by atoms with Crippen molar-refractivity contribution in [2.75, 3.05) is 11.4 Å². The van der Waals surface area contributed by atoms with Gasteiger partial charge in [-0.2, -0.15) is 0 Å². The number of anilines is 1. The SMILES string of the molecule is C=CCN(C(=O)C1CC2CCCC(C1)C2N)c1nc2c(s1)CCCC2.Cl. The van der Waals surface area contributed by atoms with Crippen molar-refractivity contribution < 1.29 is 4.79 Å². The average molecular weight is 396 g/mol. The van der Waals surface area contributed by atoms with E-state index >= 15 is 0 Å². The first-order valence-electron chi connectivity index (χ1n) is 9.83. The molecule has 0 saturated heterocycles. The third kappa shape index (κ3) is 3.71. The Balaban J connectivity index is 0.00000196. The lowest BCUT2D eigenvalue weighted by molar-refractivity contribution is -0.125. The fraction of sp³-hybridized carbons (Fsp3) is 0.700. The van der Waals surface area contributed by atoms with Crippen LogP contribution in [0.4, 0.5) is 5.13 Å². The van der Waals surface area contributed by atoms with Crippen molar-refractivity contribution in [2.45, 2.75) is 63.8 Å². The van der Waals surface area contributed by atoms with Crippen molar-refractivity contribution in [1.82, 2.24) is 4.98 Å². The van der Waals surface area contributed by atoms with E-state index in [9.17, 15) is 4.79 Å². The van der Waals surface area contributed by atoms with Gasteiger partial charge in [0.05, 0.1) is 5.69 Å². The summed E-state index contributed by atoms with van der Waals surface area (Å²) in [5.74, 6) is 1.40. The minimum Gasteiger partial charge on any atom is -0.327 e. The first-order chi connectivity index (χ1) is 12.2. The van der Waals surface area contributed by atoms with Crippen LogP contribution in [0, 0.1) is 17.8 Å². The molecule has 2 saturated carbocycles. The molecule has 144 valence electrons. The molecule has 3 aliphatic rings. The van der Waals surface area contributed by atoms with Gasteiger partial charge in [-0.1, -0.05) is 12.5 Å². The summed E-state index contributed by atoms with van der Waals surface area (Å²) in [5, 5.41) is 0.886. The lowest BCUT2D eigenvalue weighted by Crippen LogP contribution is -2.49. The molecule has 1 aromatic heterocycles. The number of hydrogen-bond donors (Lipinski definition) is 1. The highest BCUT2D eigenvalue weighted by Gasteiger charge is 2.42. The Morgan fingerprint density at radius 2 is 1.92 bits per heavy atom. The highest BCUT2D eigenvalue weighted by molar-refractivity contribution is 7.16.